The molecule has 0 radical (unpaired) electrons. The predicted octanol–water partition coefficient (Wildman–Crippen LogP) is 3.90. The summed E-state index contributed by atoms with van der Waals surface area (Å²) in [5.41, 5.74) is 6.43. The fraction of sp³-hybridized carbons (Fsp3) is 0.318. The summed E-state index contributed by atoms with van der Waals surface area (Å²) in [6.45, 7) is 4.51. The molecule has 31 heavy (non-hydrogen) atoms. The smallest absolute Gasteiger partial charge is 0.276 e. The molecule has 7 nitrogen and oxygen atoms in total. The van der Waals surface area contributed by atoms with Gasteiger partial charge in [-0.3, -0.25) is 25.8 Å². The standard InChI is InChI=1S/C22H26BrN3O4S/c1-3-5-11-29-17-8-6-7-16(13-17)21(28)24-22(31)26-25-20(27)14-30-19-10-9-15(4-2)12-18(19)23/h6-10,12-13H,3-5,11,14H2,1-2H3,(H,25,27)(H2,24,26,28,31). The quantitative estimate of drug-likeness (QED) is 0.271. The zero-order valence-corrected chi connectivity index (χ0v) is 19.9. The Morgan fingerprint density at radius 3 is 2.58 bits per heavy atom. The minimum absolute atomic E-state index is 0.0378. The second kappa shape index (κ2) is 12.9. The van der Waals surface area contributed by atoms with Gasteiger partial charge in [0.05, 0.1) is 11.1 Å². The van der Waals surface area contributed by atoms with Crippen LogP contribution in [0, 0.1) is 0 Å². The Bertz CT molecular complexity index is 923. The van der Waals surface area contributed by atoms with Crippen molar-refractivity contribution in [2.75, 3.05) is 13.2 Å². The molecule has 0 aromatic heterocycles. The lowest BCUT2D eigenvalue weighted by molar-refractivity contribution is -0.123. The van der Waals surface area contributed by atoms with Crippen LogP contribution in [0.25, 0.3) is 0 Å². The SMILES string of the molecule is CCCCOc1cccc(C(=O)NC(=S)NNC(=O)COc2ccc(CC)cc2Br)c1. The van der Waals surface area contributed by atoms with Gasteiger partial charge in [0.15, 0.2) is 11.7 Å². The summed E-state index contributed by atoms with van der Waals surface area (Å²) in [6, 6.07) is 12.5. The summed E-state index contributed by atoms with van der Waals surface area (Å²) in [4.78, 5) is 24.3. The maximum atomic E-state index is 12.3. The van der Waals surface area contributed by atoms with Crippen LogP contribution in [-0.4, -0.2) is 30.1 Å². The van der Waals surface area contributed by atoms with Gasteiger partial charge < -0.3 is 9.47 Å². The first-order chi connectivity index (χ1) is 14.9. The van der Waals surface area contributed by atoms with Crippen LogP contribution in [0.2, 0.25) is 0 Å². The highest BCUT2D eigenvalue weighted by Crippen LogP contribution is 2.26. The van der Waals surface area contributed by atoms with Crippen LogP contribution in [0.4, 0.5) is 0 Å². The molecule has 0 saturated heterocycles. The van der Waals surface area contributed by atoms with E-state index in [0.717, 1.165) is 29.3 Å². The Hall–Kier alpha value is -2.65. The molecular formula is C22H26BrN3O4S. The lowest BCUT2D eigenvalue weighted by Gasteiger charge is -2.13. The van der Waals surface area contributed by atoms with Crippen LogP contribution in [0.15, 0.2) is 46.9 Å². The number of halogens is 1. The molecule has 0 fully saturated rings. The first kappa shape index (κ1) is 24.6. The highest BCUT2D eigenvalue weighted by atomic mass is 79.9. The van der Waals surface area contributed by atoms with Crippen LogP contribution < -0.4 is 25.6 Å². The van der Waals surface area contributed by atoms with Crippen LogP contribution in [-0.2, 0) is 11.2 Å². The molecule has 0 bridgehead atoms. The van der Waals surface area contributed by atoms with Crippen LogP contribution in [0.5, 0.6) is 11.5 Å². The lowest BCUT2D eigenvalue weighted by Crippen LogP contribution is -2.49. The van der Waals surface area contributed by atoms with E-state index < -0.39 is 11.8 Å². The monoisotopic (exact) mass is 507 g/mol. The van der Waals surface area contributed by atoms with Gasteiger partial charge in [-0.25, -0.2) is 0 Å². The molecule has 0 aliphatic rings. The van der Waals surface area contributed by atoms with Gasteiger partial charge in [0, 0.05) is 5.56 Å². The molecule has 0 aliphatic carbocycles. The van der Waals surface area contributed by atoms with E-state index >= 15 is 0 Å². The fourth-order valence-corrected chi connectivity index (χ4v) is 3.14. The van der Waals surface area contributed by atoms with Crippen molar-refractivity contribution in [2.45, 2.75) is 33.1 Å². The van der Waals surface area contributed by atoms with Crippen LogP contribution >= 0.6 is 28.1 Å². The Kier molecular flexibility index (Phi) is 10.3. The minimum Gasteiger partial charge on any atom is -0.494 e. The molecular weight excluding hydrogens is 482 g/mol. The van der Waals surface area contributed by atoms with E-state index in [1.54, 1.807) is 30.3 Å². The zero-order chi connectivity index (χ0) is 22.6. The van der Waals surface area contributed by atoms with Gasteiger partial charge in [0.1, 0.15) is 11.5 Å². The maximum absolute atomic E-state index is 12.3. The maximum Gasteiger partial charge on any atom is 0.276 e. The van der Waals surface area contributed by atoms with E-state index in [0.29, 0.717) is 23.7 Å². The molecule has 0 saturated carbocycles. The van der Waals surface area contributed by atoms with E-state index in [-0.39, 0.29) is 11.7 Å². The normalized spacial score (nSPS) is 10.2. The summed E-state index contributed by atoms with van der Waals surface area (Å²) >= 11 is 8.48. The molecule has 0 spiro atoms. The van der Waals surface area contributed by atoms with E-state index in [4.69, 9.17) is 21.7 Å². The third-order valence-corrected chi connectivity index (χ3v) is 4.99. The molecule has 166 valence electrons. The number of rotatable bonds is 9. The van der Waals surface area contributed by atoms with Crippen molar-refractivity contribution >= 4 is 45.1 Å². The number of unbranched alkanes of at least 4 members (excludes halogenated alkanes) is 1. The van der Waals surface area contributed by atoms with Crippen molar-refractivity contribution in [3.05, 3.63) is 58.1 Å². The number of benzene rings is 2. The molecule has 0 atom stereocenters. The van der Waals surface area contributed by atoms with Gasteiger partial charge in [-0.2, -0.15) is 0 Å². The Balaban J connectivity index is 1.76. The van der Waals surface area contributed by atoms with Gasteiger partial charge in [-0.15, -0.1) is 0 Å². The number of hydrogen-bond donors (Lipinski definition) is 3. The number of thiocarbonyl (C=S) groups is 1. The molecule has 2 amide bonds. The lowest BCUT2D eigenvalue weighted by atomic mass is 10.2. The number of carbonyl (C=O) groups excluding carboxylic acids is 2. The highest BCUT2D eigenvalue weighted by Gasteiger charge is 2.11. The van der Waals surface area contributed by atoms with Crippen LogP contribution in [0.3, 0.4) is 0 Å². The van der Waals surface area contributed by atoms with Crippen molar-refractivity contribution in [1.82, 2.24) is 16.2 Å². The third kappa shape index (κ3) is 8.55. The molecule has 2 rings (SSSR count). The van der Waals surface area contributed by atoms with E-state index in [1.807, 2.05) is 12.1 Å². The number of carbonyl (C=O) groups is 2. The topological polar surface area (TPSA) is 88.7 Å². The van der Waals surface area contributed by atoms with Crippen molar-refractivity contribution in [2.24, 2.45) is 0 Å². The Morgan fingerprint density at radius 1 is 1.06 bits per heavy atom. The predicted molar refractivity (Wildman–Crippen MR) is 127 cm³/mol. The summed E-state index contributed by atoms with van der Waals surface area (Å²) in [5, 5.41) is 2.47. The number of ether oxygens (including phenoxy) is 2. The second-order valence-corrected chi connectivity index (χ2v) is 7.86. The van der Waals surface area contributed by atoms with E-state index in [1.165, 1.54) is 0 Å². The summed E-state index contributed by atoms with van der Waals surface area (Å²) in [6.07, 6.45) is 2.87. The summed E-state index contributed by atoms with van der Waals surface area (Å²) in [7, 11) is 0. The second-order valence-electron chi connectivity index (χ2n) is 6.59. The number of amides is 2. The van der Waals surface area contributed by atoms with Gasteiger partial charge in [0.25, 0.3) is 11.8 Å². The summed E-state index contributed by atoms with van der Waals surface area (Å²) in [5.74, 6) is 0.311. The Labute approximate surface area is 196 Å². The summed E-state index contributed by atoms with van der Waals surface area (Å²) < 4.78 is 11.9. The number of aryl methyl sites for hydroxylation is 1. The van der Waals surface area contributed by atoms with Gasteiger partial charge in [0.2, 0.25) is 0 Å². The number of nitrogens with one attached hydrogen (secondary N) is 3. The van der Waals surface area contributed by atoms with Crippen molar-refractivity contribution < 1.29 is 19.1 Å². The largest absolute Gasteiger partial charge is 0.494 e. The third-order valence-electron chi connectivity index (χ3n) is 4.17. The minimum atomic E-state index is -0.450. The van der Waals surface area contributed by atoms with E-state index in [2.05, 4.69) is 45.9 Å². The average Bonchev–Trinajstić information content (AvgIpc) is 2.77. The molecule has 3 N–H and O–H groups in total. The van der Waals surface area contributed by atoms with Gasteiger partial charge in [-0.05, 0) is 76.9 Å². The molecule has 2 aromatic rings. The van der Waals surface area contributed by atoms with E-state index in [9.17, 15) is 9.59 Å². The fourth-order valence-electron chi connectivity index (χ4n) is 2.46. The molecule has 0 unspecified atom stereocenters. The van der Waals surface area contributed by atoms with Gasteiger partial charge in [-0.1, -0.05) is 32.4 Å². The molecule has 0 heterocycles. The first-order valence-corrected chi connectivity index (χ1v) is 11.2. The van der Waals surface area contributed by atoms with Gasteiger partial charge >= 0.3 is 0 Å². The average molecular weight is 508 g/mol. The van der Waals surface area contributed by atoms with Crippen LogP contribution in [0.1, 0.15) is 42.6 Å². The Morgan fingerprint density at radius 2 is 1.87 bits per heavy atom. The van der Waals surface area contributed by atoms with Crippen molar-refractivity contribution in [3.63, 3.8) is 0 Å². The molecule has 0 aliphatic heterocycles. The van der Waals surface area contributed by atoms with Crippen molar-refractivity contribution in [3.8, 4) is 11.5 Å². The molecule has 9 heteroatoms. The zero-order valence-electron chi connectivity index (χ0n) is 17.5. The number of hydrogen-bond acceptors (Lipinski definition) is 5. The van der Waals surface area contributed by atoms with Crippen molar-refractivity contribution in [1.29, 1.82) is 0 Å². The number of hydrazine groups is 1. The first-order valence-electron chi connectivity index (χ1n) is 9.97. The molecule has 2 aromatic carbocycles. The highest BCUT2D eigenvalue weighted by molar-refractivity contribution is 9.10.